The smallest absolute Gasteiger partial charge is 0.287 e. The van der Waals surface area contributed by atoms with Gasteiger partial charge in [0, 0.05) is 22.9 Å². The Balaban J connectivity index is 1.96. The molecule has 0 radical (unpaired) electrons. The highest BCUT2D eigenvalue weighted by Gasteiger charge is 2.24. The molecule has 0 atom stereocenters. The zero-order valence-electron chi connectivity index (χ0n) is 20.1. The summed E-state index contributed by atoms with van der Waals surface area (Å²) in [5.41, 5.74) is 9.75. The molecule has 0 aliphatic rings. The van der Waals surface area contributed by atoms with Crippen molar-refractivity contribution < 1.29 is 19.7 Å². The molecule has 4 aromatic rings. The predicted molar refractivity (Wildman–Crippen MR) is 134 cm³/mol. The third kappa shape index (κ3) is 4.42. The first-order valence-corrected chi connectivity index (χ1v) is 11.3. The number of carbonyl (C=O) groups excluding carboxylic acids is 1. The maximum atomic E-state index is 12.2. The Bertz CT molecular complexity index is 1390. The molecule has 1 heterocycles. The Morgan fingerprint density at radius 2 is 1.66 bits per heavy atom. The number of primary amides is 1. The van der Waals surface area contributed by atoms with Crippen LogP contribution in [-0.2, 0) is 6.42 Å². The molecule has 4 N–H and O–H groups in total. The monoisotopic (exact) mass is 472 g/mol. The van der Waals surface area contributed by atoms with Crippen LogP contribution in [0.15, 0.2) is 54.6 Å². The van der Waals surface area contributed by atoms with Crippen LogP contribution in [0.5, 0.6) is 17.2 Å². The van der Waals surface area contributed by atoms with Crippen molar-refractivity contribution in [2.75, 3.05) is 7.11 Å². The van der Waals surface area contributed by atoms with Crippen molar-refractivity contribution in [2.24, 2.45) is 5.73 Å². The molecule has 0 fully saturated rings. The number of nitrogens with two attached hydrogens (primary N) is 1. The van der Waals surface area contributed by atoms with E-state index in [0.717, 1.165) is 17.5 Å². The van der Waals surface area contributed by atoms with Crippen molar-refractivity contribution in [2.45, 2.75) is 33.1 Å². The van der Waals surface area contributed by atoms with Crippen molar-refractivity contribution in [1.82, 2.24) is 14.8 Å². The number of benzene rings is 3. The lowest BCUT2D eigenvalue weighted by Crippen LogP contribution is -2.17. The number of nitrogens with zero attached hydrogens (tertiary/aromatic N) is 3. The van der Waals surface area contributed by atoms with Crippen LogP contribution in [0.4, 0.5) is 0 Å². The molecule has 8 nitrogen and oxygen atoms in total. The topological polar surface area (TPSA) is 123 Å². The Hall–Kier alpha value is -4.33. The van der Waals surface area contributed by atoms with Crippen LogP contribution in [0.3, 0.4) is 0 Å². The van der Waals surface area contributed by atoms with Crippen LogP contribution in [-0.4, -0.2) is 38.0 Å². The molecule has 0 unspecified atom stereocenters. The zero-order valence-corrected chi connectivity index (χ0v) is 20.1. The van der Waals surface area contributed by atoms with Crippen molar-refractivity contribution >= 4 is 5.91 Å². The van der Waals surface area contributed by atoms with E-state index in [1.165, 1.54) is 10.6 Å². The predicted octanol–water partition coefficient (Wildman–Crippen LogP) is 4.81. The van der Waals surface area contributed by atoms with Gasteiger partial charge in [-0.15, -0.1) is 10.2 Å². The molecule has 1 aromatic heterocycles. The summed E-state index contributed by atoms with van der Waals surface area (Å²) >= 11 is 0. The summed E-state index contributed by atoms with van der Waals surface area (Å²) < 4.78 is 7.05. The van der Waals surface area contributed by atoms with Crippen LogP contribution >= 0.6 is 0 Å². The summed E-state index contributed by atoms with van der Waals surface area (Å²) in [4.78, 5) is 12.2. The van der Waals surface area contributed by atoms with Gasteiger partial charge in [-0.1, -0.05) is 39.0 Å². The number of phenols is 2. The number of aryl methyl sites for hydroxylation is 1. The van der Waals surface area contributed by atoms with Gasteiger partial charge in [0.25, 0.3) is 5.91 Å². The molecule has 180 valence electrons. The van der Waals surface area contributed by atoms with Crippen LogP contribution < -0.4 is 10.5 Å². The van der Waals surface area contributed by atoms with Gasteiger partial charge < -0.3 is 20.7 Å². The van der Waals surface area contributed by atoms with Gasteiger partial charge >= 0.3 is 0 Å². The minimum Gasteiger partial charge on any atom is -0.507 e. The lowest BCUT2D eigenvalue weighted by molar-refractivity contribution is 0.0988. The second-order valence-corrected chi connectivity index (χ2v) is 8.57. The number of hydrogen-bond acceptors (Lipinski definition) is 6. The minimum absolute atomic E-state index is 0.0716. The van der Waals surface area contributed by atoms with Crippen molar-refractivity contribution in [3.05, 3.63) is 71.5 Å². The average Bonchev–Trinajstić information content (AvgIpc) is 3.29. The summed E-state index contributed by atoms with van der Waals surface area (Å²) in [6.07, 6.45) is 0.859. The van der Waals surface area contributed by atoms with Crippen LogP contribution in [0.25, 0.3) is 28.2 Å². The van der Waals surface area contributed by atoms with Crippen molar-refractivity contribution in [3.8, 4) is 45.5 Å². The highest BCUT2D eigenvalue weighted by atomic mass is 16.5. The number of ether oxygens (including phenoxy) is 1. The second kappa shape index (κ2) is 9.50. The largest absolute Gasteiger partial charge is 0.507 e. The molecule has 3 aromatic carbocycles. The molecule has 0 spiro atoms. The SMILES string of the molecule is CCc1ccc(-n2c(C(N)=O)nnc2-c2cc(-c3cc(C(C)C)ccc3OC)c(O)cc2O)cc1. The molecule has 0 aliphatic heterocycles. The molecule has 0 aliphatic carbocycles. The maximum absolute atomic E-state index is 12.2. The molecule has 0 saturated heterocycles. The third-order valence-corrected chi connectivity index (χ3v) is 6.02. The molecule has 0 bridgehead atoms. The lowest BCUT2D eigenvalue weighted by atomic mass is 9.94. The Morgan fingerprint density at radius 1 is 0.971 bits per heavy atom. The number of aromatic nitrogens is 3. The van der Waals surface area contributed by atoms with E-state index in [1.54, 1.807) is 13.2 Å². The number of aromatic hydroxyl groups is 2. The number of rotatable bonds is 7. The van der Waals surface area contributed by atoms with Gasteiger partial charge in [0.1, 0.15) is 17.2 Å². The molecule has 4 rings (SSSR count). The summed E-state index contributed by atoms with van der Waals surface area (Å²) in [6.45, 7) is 6.20. The van der Waals surface area contributed by atoms with Gasteiger partial charge in [-0.3, -0.25) is 9.36 Å². The fourth-order valence-corrected chi connectivity index (χ4v) is 4.01. The van der Waals surface area contributed by atoms with E-state index in [2.05, 4.69) is 24.0 Å². The number of phenolic OH excluding ortho intramolecular Hbond substituents is 2. The van der Waals surface area contributed by atoms with Gasteiger partial charge in [0.05, 0.1) is 12.7 Å². The van der Waals surface area contributed by atoms with Crippen molar-refractivity contribution in [3.63, 3.8) is 0 Å². The summed E-state index contributed by atoms with van der Waals surface area (Å²) in [7, 11) is 1.56. The lowest BCUT2D eigenvalue weighted by Gasteiger charge is -2.16. The van der Waals surface area contributed by atoms with E-state index >= 15 is 0 Å². The summed E-state index contributed by atoms with van der Waals surface area (Å²) in [5, 5.41) is 29.7. The standard InChI is InChI=1S/C27H28N4O4/c1-5-16-6-9-18(10-7-16)31-26(29-30-27(31)25(28)34)21-13-19(22(32)14-23(21)33)20-12-17(15(2)3)8-11-24(20)35-4/h6-15,32-33H,5H2,1-4H3,(H2,28,34). The zero-order chi connectivity index (χ0) is 25.3. The highest BCUT2D eigenvalue weighted by molar-refractivity contribution is 5.91. The minimum atomic E-state index is -0.756. The van der Waals surface area contributed by atoms with Gasteiger partial charge in [0.15, 0.2) is 5.82 Å². The fourth-order valence-electron chi connectivity index (χ4n) is 4.01. The van der Waals surface area contributed by atoms with Crippen molar-refractivity contribution in [1.29, 1.82) is 0 Å². The number of carbonyl (C=O) groups is 1. The Kier molecular flexibility index (Phi) is 6.46. The number of methoxy groups -OCH3 is 1. The van der Waals surface area contributed by atoms with E-state index < -0.39 is 5.91 Å². The van der Waals surface area contributed by atoms with Crippen LogP contribution in [0, 0.1) is 0 Å². The van der Waals surface area contributed by atoms with Gasteiger partial charge in [-0.05, 0) is 53.8 Å². The third-order valence-electron chi connectivity index (χ3n) is 6.02. The fraction of sp³-hybridized carbons (Fsp3) is 0.222. The van der Waals surface area contributed by atoms with Crippen LogP contribution in [0.1, 0.15) is 48.4 Å². The van der Waals surface area contributed by atoms with Crippen LogP contribution in [0.2, 0.25) is 0 Å². The highest BCUT2D eigenvalue weighted by Crippen LogP contribution is 2.43. The van der Waals surface area contributed by atoms with Gasteiger partial charge in [-0.2, -0.15) is 0 Å². The number of amides is 1. The number of hydrogen-bond donors (Lipinski definition) is 3. The van der Waals surface area contributed by atoms with Gasteiger partial charge in [0.2, 0.25) is 5.82 Å². The quantitative estimate of drug-likeness (QED) is 0.355. The molecule has 8 heteroatoms. The average molecular weight is 473 g/mol. The van der Waals surface area contributed by atoms with E-state index in [4.69, 9.17) is 10.5 Å². The molecule has 0 saturated carbocycles. The maximum Gasteiger partial charge on any atom is 0.287 e. The normalized spacial score (nSPS) is 11.1. The first kappa shape index (κ1) is 23.8. The van der Waals surface area contributed by atoms with E-state index in [0.29, 0.717) is 22.6 Å². The molecule has 35 heavy (non-hydrogen) atoms. The first-order chi connectivity index (χ1) is 16.7. The van der Waals surface area contributed by atoms with E-state index in [1.807, 2.05) is 49.4 Å². The second-order valence-electron chi connectivity index (χ2n) is 8.57. The van der Waals surface area contributed by atoms with E-state index in [9.17, 15) is 15.0 Å². The van der Waals surface area contributed by atoms with E-state index in [-0.39, 0.29) is 34.6 Å². The molecular formula is C27H28N4O4. The Morgan fingerprint density at radius 3 is 2.26 bits per heavy atom. The first-order valence-electron chi connectivity index (χ1n) is 11.3. The molecule has 1 amide bonds. The molecular weight excluding hydrogens is 444 g/mol. The van der Waals surface area contributed by atoms with Gasteiger partial charge in [-0.25, -0.2) is 0 Å². The summed E-state index contributed by atoms with van der Waals surface area (Å²) in [6, 6.07) is 16.2. The summed E-state index contributed by atoms with van der Waals surface area (Å²) in [5.74, 6) is -0.146. The Labute approximate surface area is 203 Å².